The number of halogens is 3. The Morgan fingerprint density at radius 3 is 2.20 bits per heavy atom. The molecular formula is C7H11F3N2O3. The molecule has 0 aliphatic carbocycles. The van der Waals surface area contributed by atoms with Crippen molar-refractivity contribution in [3.05, 3.63) is 0 Å². The second-order valence-corrected chi connectivity index (χ2v) is 2.91. The molecule has 0 aromatic rings. The SMILES string of the molecule is N[C@H]1CCNC(=O)C1.O=C(O)C(F)(F)F. The van der Waals surface area contributed by atoms with E-state index in [9.17, 15) is 18.0 Å². The summed E-state index contributed by atoms with van der Waals surface area (Å²) in [5.74, 6) is -2.67. The predicted molar refractivity (Wildman–Crippen MR) is 43.9 cm³/mol. The van der Waals surface area contributed by atoms with Crippen LogP contribution in [0.25, 0.3) is 0 Å². The number of nitrogens with one attached hydrogen (secondary N) is 1. The summed E-state index contributed by atoms with van der Waals surface area (Å²) in [6.45, 7) is 0.750. The van der Waals surface area contributed by atoms with Crippen LogP contribution >= 0.6 is 0 Å². The Labute approximate surface area is 83.4 Å². The molecule has 1 amide bonds. The van der Waals surface area contributed by atoms with Crippen LogP contribution in [0.2, 0.25) is 0 Å². The van der Waals surface area contributed by atoms with E-state index < -0.39 is 12.1 Å². The average molecular weight is 228 g/mol. The maximum Gasteiger partial charge on any atom is 0.490 e. The van der Waals surface area contributed by atoms with Crippen molar-refractivity contribution in [1.82, 2.24) is 5.32 Å². The first-order valence-corrected chi connectivity index (χ1v) is 4.06. The van der Waals surface area contributed by atoms with Crippen molar-refractivity contribution in [2.75, 3.05) is 6.54 Å². The van der Waals surface area contributed by atoms with Gasteiger partial charge in [0.25, 0.3) is 0 Å². The molecule has 4 N–H and O–H groups in total. The Balaban J connectivity index is 0.000000265. The van der Waals surface area contributed by atoms with Crippen molar-refractivity contribution >= 4 is 11.9 Å². The number of carboxylic acids is 1. The summed E-state index contributed by atoms with van der Waals surface area (Å²) in [4.78, 5) is 19.4. The van der Waals surface area contributed by atoms with Gasteiger partial charge in [0.2, 0.25) is 5.91 Å². The molecule has 1 heterocycles. The van der Waals surface area contributed by atoms with Crippen molar-refractivity contribution in [3.8, 4) is 0 Å². The highest BCUT2D eigenvalue weighted by Crippen LogP contribution is 2.13. The van der Waals surface area contributed by atoms with Gasteiger partial charge >= 0.3 is 12.1 Å². The van der Waals surface area contributed by atoms with Gasteiger partial charge in [0.05, 0.1) is 0 Å². The van der Waals surface area contributed by atoms with Crippen molar-refractivity contribution in [1.29, 1.82) is 0 Å². The number of carbonyl (C=O) groups excluding carboxylic acids is 1. The van der Waals surface area contributed by atoms with Crippen molar-refractivity contribution in [2.24, 2.45) is 5.73 Å². The summed E-state index contributed by atoms with van der Waals surface area (Å²) in [5, 5.41) is 9.82. The summed E-state index contributed by atoms with van der Waals surface area (Å²) in [7, 11) is 0. The lowest BCUT2D eigenvalue weighted by Gasteiger charge is -2.16. The third kappa shape index (κ3) is 6.72. The van der Waals surface area contributed by atoms with Crippen molar-refractivity contribution in [3.63, 3.8) is 0 Å². The molecule has 1 aliphatic heterocycles. The van der Waals surface area contributed by atoms with E-state index in [-0.39, 0.29) is 11.9 Å². The van der Waals surface area contributed by atoms with Crippen LogP contribution in [-0.2, 0) is 9.59 Å². The van der Waals surface area contributed by atoms with Gasteiger partial charge in [-0.25, -0.2) is 4.79 Å². The lowest BCUT2D eigenvalue weighted by molar-refractivity contribution is -0.192. The van der Waals surface area contributed by atoms with Crippen LogP contribution in [0.5, 0.6) is 0 Å². The molecule has 0 spiro atoms. The number of carboxylic acid groups (broad SMARTS) is 1. The number of piperidine rings is 1. The zero-order chi connectivity index (χ0) is 12.1. The minimum absolute atomic E-state index is 0.0868. The number of carbonyl (C=O) groups is 2. The molecule has 1 saturated heterocycles. The summed E-state index contributed by atoms with van der Waals surface area (Å²) in [6.07, 6.45) is -3.66. The molecule has 5 nitrogen and oxygen atoms in total. The van der Waals surface area contributed by atoms with Gasteiger partial charge in [-0.05, 0) is 6.42 Å². The third-order valence-corrected chi connectivity index (χ3v) is 1.53. The number of rotatable bonds is 0. The molecular weight excluding hydrogens is 217 g/mol. The minimum Gasteiger partial charge on any atom is -0.475 e. The van der Waals surface area contributed by atoms with Gasteiger partial charge in [-0.1, -0.05) is 0 Å². The smallest absolute Gasteiger partial charge is 0.475 e. The molecule has 1 fully saturated rings. The van der Waals surface area contributed by atoms with E-state index in [4.69, 9.17) is 15.6 Å². The number of hydrogen-bond donors (Lipinski definition) is 3. The Hall–Kier alpha value is -1.31. The summed E-state index contributed by atoms with van der Waals surface area (Å²) in [5.41, 5.74) is 5.46. The summed E-state index contributed by atoms with van der Waals surface area (Å²) in [6, 6.07) is 0.101. The lowest BCUT2D eigenvalue weighted by atomic mass is 10.1. The van der Waals surface area contributed by atoms with E-state index in [1.165, 1.54) is 0 Å². The van der Waals surface area contributed by atoms with Crippen LogP contribution in [0.15, 0.2) is 0 Å². The molecule has 0 aromatic heterocycles. The van der Waals surface area contributed by atoms with Crippen molar-refractivity contribution < 1.29 is 27.9 Å². The van der Waals surface area contributed by atoms with Crippen molar-refractivity contribution in [2.45, 2.75) is 25.1 Å². The first kappa shape index (κ1) is 13.7. The van der Waals surface area contributed by atoms with Gasteiger partial charge < -0.3 is 16.2 Å². The summed E-state index contributed by atoms with van der Waals surface area (Å²) < 4.78 is 31.7. The van der Waals surface area contributed by atoms with E-state index in [0.29, 0.717) is 6.42 Å². The van der Waals surface area contributed by atoms with E-state index in [1.807, 2.05) is 0 Å². The zero-order valence-electron chi connectivity index (χ0n) is 7.67. The number of amides is 1. The first-order chi connectivity index (χ1) is 6.73. The van der Waals surface area contributed by atoms with Gasteiger partial charge in [-0.3, -0.25) is 4.79 Å². The van der Waals surface area contributed by atoms with Crippen LogP contribution in [0, 0.1) is 0 Å². The maximum atomic E-state index is 10.6. The largest absolute Gasteiger partial charge is 0.490 e. The van der Waals surface area contributed by atoms with Crippen LogP contribution in [-0.4, -0.2) is 35.7 Å². The molecule has 15 heavy (non-hydrogen) atoms. The third-order valence-electron chi connectivity index (χ3n) is 1.53. The second-order valence-electron chi connectivity index (χ2n) is 2.91. The number of hydrogen-bond acceptors (Lipinski definition) is 3. The van der Waals surface area contributed by atoms with Gasteiger partial charge in [0.1, 0.15) is 0 Å². The maximum absolute atomic E-state index is 10.6. The van der Waals surface area contributed by atoms with Crippen LogP contribution in [0.3, 0.4) is 0 Å². The predicted octanol–water partition coefficient (Wildman–Crippen LogP) is -0.143. The molecule has 0 radical (unpaired) electrons. The molecule has 0 unspecified atom stereocenters. The van der Waals surface area contributed by atoms with Gasteiger partial charge in [0.15, 0.2) is 0 Å². The molecule has 1 atom stereocenters. The van der Waals surface area contributed by atoms with Gasteiger partial charge in [0, 0.05) is 19.0 Å². The lowest BCUT2D eigenvalue weighted by Crippen LogP contribution is -2.40. The Kier molecular flexibility index (Phi) is 5.06. The molecule has 88 valence electrons. The van der Waals surface area contributed by atoms with Gasteiger partial charge in [-0.15, -0.1) is 0 Å². The van der Waals surface area contributed by atoms with Crippen LogP contribution in [0.1, 0.15) is 12.8 Å². The van der Waals surface area contributed by atoms with Gasteiger partial charge in [-0.2, -0.15) is 13.2 Å². The second kappa shape index (κ2) is 5.54. The minimum atomic E-state index is -5.08. The molecule has 0 bridgehead atoms. The fraction of sp³-hybridized carbons (Fsp3) is 0.714. The molecule has 0 saturated carbocycles. The fourth-order valence-corrected chi connectivity index (χ4v) is 0.809. The zero-order valence-corrected chi connectivity index (χ0v) is 7.67. The van der Waals surface area contributed by atoms with E-state index in [1.54, 1.807) is 0 Å². The number of alkyl halides is 3. The van der Waals surface area contributed by atoms with E-state index >= 15 is 0 Å². The highest BCUT2D eigenvalue weighted by atomic mass is 19.4. The quantitative estimate of drug-likeness (QED) is 0.538. The standard InChI is InChI=1S/C5H10N2O.C2HF3O2/c6-4-1-2-7-5(8)3-4;3-2(4,5)1(6)7/h4H,1-3,6H2,(H,7,8);(H,6,7)/t4-;/m0./s1. The molecule has 0 aromatic carbocycles. The van der Waals surface area contributed by atoms with Crippen LogP contribution < -0.4 is 11.1 Å². The molecule has 1 rings (SSSR count). The van der Waals surface area contributed by atoms with E-state index in [2.05, 4.69) is 5.32 Å². The Morgan fingerprint density at radius 2 is 2.00 bits per heavy atom. The monoisotopic (exact) mass is 228 g/mol. The molecule has 1 aliphatic rings. The average Bonchev–Trinajstić information content (AvgIpc) is 2.02. The summed E-state index contributed by atoms with van der Waals surface area (Å²) >= 11 is 0. The van der Waals surface area contributed by atoms with Crippen LogP contribution in [0.4, 0.5) is 13.2 Å². The van der Waals surface area contributed by atoms with E-state index in [0.717, 1.165) is 13.0 Å². The number of aliphatic carboxylic acids is 1. The topological polar surface area (TPSA) is 92.4 Å². The number of nitrogens with two attached hydrogens (primary N) is 1. The first-order valence-electron chi connectivity index (χ1n) is 4.06. The Morgan fingerprint density at radius 1 is 1.53 bits per heavy atom. The normalized spacial score (nSPS) is 21.1. The Bertz CT molecular complexity index is 242. The highest BCUT2D eigenvalue weighted by Gasteiger charge is 2.38. The highest BCUT2D eigenvalue weighted by molar-refractivity contribution is 5.77. The fourth-order valence-electron chi connectivity index (χ4n) is 0.809. The molecule has 8 heteroatoms.